The van der Waals surface area contributed by atoms with Crippen molar-refractivity contribution < 1.29 is 0 Å². The molecule has 0 rings (SSSR count). The Hall–Kier alpha value is 0. The molecule has 0 heteroatoms. The van der Waals surface area contributed by atoms with E-state index in [9.17, 15) is 0 Å². The maximum atomic E-state index is 4.40. The third-order valence-electron chi connectivity index (χ3n) is 6.68. The van der Waals surface area contributed by atoms with Crippen molar-refractivity contribution in [3.8, 4) is 0 Å². The van der Waals surface area contributed by atoms with Crippen molar-refractivity contribution in [2.45, 2.75) is 174 Å². The second-order valence-electron chi connectivity index (χ2n) is 9.87. The minimum absolute atomic E-state index is 0.719. The van der Waals surface area contributed by atoms with Crippen LogP contribution in [0.3, 0.4) is 0 Å². The molecule has 0 N–H and O–H groups in total. The molecule has 0 aliphatic rings. The molecular formula is C29H59. The summed E-state index contributed by atoms with van der Waals surface area (Å²) < 4.78 is 0. The molecule has 1 radical (unpaired) electrons. The van der Waals surface area contributed by atoms with E-state index in [2.05, 4.69) is 20.8 Å². The van der Waals surface area contributed by atoms with Crippen LogP contribution in [0.5, 0.6) is 0 Å². The van der Waals surface area contributed by atoms with E-state index in [0.29, 0.717) is 0 Å². The van der Waals surface area contributed by atoms with Crippen LogP contribution in [0.2, 0.25) is 0 Å². The lowest BCUT2D eigenvalue weighted by molar-refractivity contribution is 0.459. The highest BCUT2D eigenvalue weighted by atomic mass is 14.1. The van der Waals surface area contributed by atoms with E-state index in [4.69, 9.17) is 0 Å². The zero-order valence-corrected chi connectivity index (χ0v) is 21.0. The summed E-state index contributed by atoms with van der Waals surface area (Å²) in [7, 11) is 0. The highest BCUT2D eigenvalue weighted by molar-refractivity contribution is 4.62. The molecule has 0 nitrogen and oxygen atoms in total. The number of unbranched alkanes of at least 4 members (excludes halogenated alkanes) is 21. The summed E-state index contributed by atoms with van der Waals surface area (Å²) in [5, 5.41) is 0. The predicted octanol–water partition coefficient (Wildman–Crippen LogP) is 11.2. The summed E-state index contributed by atoms with van der Waals surface area (Å²) in [6, 6.07) is 0. The second kappa shape index (κ2) is 26.0. The largest absolute Gasteiger partial charge is 0.0654 e. The van der Waals surface area contributed by atoms with Crippen molar-refractivity contribution in [3.05, 3.63) is 6.92 Å². The molecule has 0 aliphatic heterocycles. The Morgan fingerprint density at radius 3 is 0.793 bits per heavy atom. The Labute approximate surface area is 187 Å². The summed E-state index contributed by atoms with van der Waals surface area (Å²) >= 11 is 0. The number of hydrogen-bond acceptors (Lipinski definition) is 0. The number of hydrogen-bond donors (Lipinski definition) is 0. The summed E-state index contributed by atoms with van der Waals surface area (Å²) in [4.78, 5) is 0. The quantitative estimate of drug-likeness (QED) is 0.132. The Balaban J connectivity index is 3.12. The minimum atomic E-state index is 0.719. The van der Waals surface area contributed by atoms with Crippen molar-refractivity contribution in [3.63, 3.8) is 0 Å². The standard InChI is InChI=1S/C29H59/c1-4-6-8-10-12-14-15-16-17-18-20-22-24-26-28-29(3)27-25-23-21-19-13-11-9-7-5-2/h29H,3-28H2,1-2H3. The lowest BCUT2D eigenvalue weighted by atomic mass is 9.95. The van der Waals surface area contributed by atoms with Crippen LogP contribution in [0, 0.1) is 12.8 Å². The summed E-state index contributed by atoms with van der Waals surface area (Å²) in [6.07, 6.45) is 36.1. The molecule has 29 heavy (non-hydrogen) atoms. The van der Waals surface area contributed by atoms with Gasteiger partial charge in [0.2, 0.25) is 0 Å². The lowest BCUT2D eigenvalue weighted by Crippen LogP contribution is -1.95. The molecule has 0 aromatic rings. The van der Waals surface area contributed by atoms with Crippen molar-refractivity contribution in [2.24, 2.45) is 5.92 Å². The first-order valence-electron chi connectivity index (χ1n) is 14.1. The Morgan fingerprint density at radius 2 is 0.552 bits per heavy atom. The van der Waals surface area contributed by atoms with Gasteiger partial charge in [-0.1, -0.05) is 181 Å². The highest BCUT2D eigenvalue weighted by Crippen LogP contribution is 2.19. The van der Waals surface area contributed by atoms with Crippen LogP contribution in [0.4, 0.5) is 0 Å². The maximum Gasteiger partial charge on any atom is -0.0414 e. The van der Waals surface area contributed by atoms with Gasteiger partial charge in [0.05, 0.1) is 0 Å². The predicted molar refractivity (Wildman–Crippen MR) is 136 cm³/mol. The van der Waals surface area contributed by atoms with E-state index in [1.54, 1.807) is 0 Å². The summed E-state index contributed by atoms with van der Waals surface area (Å²) in [6.45, 7) is 9.01. The van der Waals surface area contributed by atoms with Crippen molar-refractivity contribution in [1.82, 2.24) is 0 Å². The molecule has 0 saturated carbocycles. The summed E-state index contributed by atoms with van der Waals surface area (Å²) in [5.74, 6) is 0.719. The van der Waals surface area contributed by atoms with E-state index in [1.807, 2.05) is 0 Å². The zero-order valence-electron chi connectivity index (χ0n) is 21.0. The Morgan fingerprint density at radius 1 is 0.345 bits per heavy atom. The molecule has 0 heterocycles. The third kappa shape index (κ3) is 26.0. The molecule has 1 atom stereocenters. The molecular weight excluding hydrogens is 348 g/mol. The SMILES string of the molecule is [CH2]C(CCCCCCCCCCC)CCCCCCCCCCCCCCCC. The summed E-state index contributed by atoms with van der Waals surface area (Å²) in [5.41, 5.74) is 0. The highest BCUT2D eigenvalue weighted by Gasteiger charge is 2.02. The Bertz CT molecular complexity index is 269. The molecule has 0 spiro atoms. The molecule has 175 valence electrons. The molecule has 0 aromatic heterocycles. The van der Waals surface area contributed by atoms with Gasteiger partial charge in [0, 0.05) is 0 Å². The van der Waals surface area contributed by atoms with Crippen molar-refractivity contribution in [2.75, 3.05) is 0 Å². The van der Waals surface area contributed by atoms with Crippen LogP contribution in [0.25, 0.3) is 0 Å². The van der Waals surface area contributed by atoms with Gasteiger partial charge in [-0.15, -0.1) is 0 Å². The van der Waals surface area contributed by atoms with Gasteiger partial charge in [-0.2, -0.15) is 0 Å². The topological polar surface area (TPSA) is 0 Å². The molecule has 0 aromatic carbocycles. The average Bonchev–Trinajstić information content (AvgIpc) is 2.72. The minimum Gasteiger partial charge on any atom is -0.0654 e. The van der Waals surface area contributed by atoms with E-state index >= 15 is 0 Å². The van der Waals surface area contributed by atoms with Gasteiger partial charge in [0.1, 0.15) is 0 Å². The fourth-order valence-electron chi connectivity index (χ4n) is 4.52. The first-order chi connectivity index (χ1) is 14.3. The van der Waals surface area contributed by atoms with E-state index in [-0.39, 0.29) is 0 Å². The molecule has 0 bridgehead atoms. The smallest absolute Gasteiger partial charge is 0.0414 e. The van der Waals surface area contributed by atoms with Gasteiger partial charge in [-0.3, -0.25) is 0 Å². The fourth-order valence-corrected chi connectivity index (χ4v) is 4.52. The normalized spacial score (nSPS) is 12.5. The molecule has 0 saturated heterocycles. The van der Waals surface area contributed by atoms with E-state index in [0.717, 1.165) is 5.92 Å². The first kappa shape index (κ1) is 29.0. The van der Waals surface area contributed by atoms with Crippen LogP contribution < -0.4 is 0 Å². The van der Waals surface area contributed by atoms with Gasteiger partial charge < -0.3 is 0 Å². The molecule has 0 amide bonds. The van der Waals surface area contributed by atoms with Crippen LogP contribution in [-0.2, 0) is 0 Å². The van der Waals surface area contributed by atoms with Crippen molar-refractivity contribution >= 4 is 0 Å². The molecule has 1 unspecified atom stereocenters. The maximum absolute atomic E-state index is 4.40. The molecule has 0 aliphatic carbocycles. The van der Waals surface area contributed by atoms with Gasteiger partial charge in [0.25, 0.3) is 0 Å². The van der Waals surface area contributed by atoms with Crippen LogP contribution in [0.15, 0.2) is 0 Å². The second-order valence-corrected chi connectivity index (χ2v) is 9.87. The number of rotatable bonds is 25. The fraction of sp³-hybridized carbons (Fsp3) is 0.966. The zero-order chi connectivity index (χ0) is 21.3. The van der Waals surface area contributed by atoms with Crippen molar-refractivity contribution in [1.29, 1.82) is 0 Å². The van der Waals surface area contributed by atoms with Crippen LogP contribution in [0.1, 0.15) is 174 Å². The van der Waals surface area contributed by atoms with Gasteiger partial charge in [-0.25, -0.2) is 0 Å². The van der Waals surface area contributed by atoms with E-state index < -0.39 is 0 Å². The molecule has 0 fully saturated rings. The van der Waals surface area contributed by atoms with E-state index in [1.165, 1.54) is 161 Å². The average molecular weight is 408 g/mol. The van der Waals surface area contributed by atoms with Gasteiger partial charge >= 0.3 is 0 Å². The third-order valence-corrected chi connectivity index (χ3v) is 6.68. The lowest BCUT2D eigenvalue weighted by Gasteiger charge is -2.11. The monoisotopic (exact) mass is 407 g/mol. The first-order valence-corrected chi connectivity index (χ1v) is 14.1. The van der Waals surface area contributed by atoms with Gasteiger partial charge in [-0.05, 0) is 5.92 Å². The van der Waals surface area contributed by atoms with Gasteiger partial charge in [0.15, 0.2) is 0 Å². The van der Waals surface area contributed by atoms with Crippen LogP contribution in [-0.4, -0.2) is 0 Å². The van der Waals surface area contributed by atoms with Crippen LogP contribution >= 0.6 is 0 Å². The Kier molecular flexibility index (Phi) is 26.0.